The first kappa shape index (κ1) is 20.5. The predicted molar refractivity (Wildman–Crippen MR) is 99.6 cm³/mol. The summed E-state index contributed by atoms with van der Waals surface area (Å²) in [5.41, 5.74) is 7.82. The third kappa shape index (κ3) is 4.95. The number of hydrogen-bond donors (Lipinski definition) is 2. The molecule has 2 unspecified atom stereocenters. The molecule has 1 aliphatic heterocycles. The van der Waals surface area contributed by atoms with E-state index in [1.54, 1.807) is 19.1 Å². The van der Waals surface area contributed by atoms with Crippen LogP contribution in [-0.4, -0.2) is 36.3 Å². The van der Waals surface area contributed by atoms with Gasteiger partial charge in [0.1, 0.15) is 0 Å². The average Bonchev–Trinajstić information content (AvgIpc) is 2.55. The number of likely N-dealkylation sites (tertiary alicyclic amines) is 1. The summed E-state index contributed by atoms with van der Waals surface area (Å²) in [5, 5.41) is 2.87. The Morgan fingerprint density at radius 1 is 1.42 bits per heavy atom. The van der Waals surface area contributed by atoms with E-state index in [2.05, 4.69) is 12.2 Å². The summed E-state index contributed by atoms with van der Waals surface area (Å²) in [7, 11) is 0. The molecule has 24 heavy (non-hydrogen) atoms. The van der Waals surface area contributed by atoms with E-state index in [1.807, 2.05) is 17.9 Å². The fourth-order valence-electron chi connectivity index (χ4n) is 2.86. The number of carbonyl (C=O) groups excluding carboxylic acids is 2. The fourth-order valence-corrected chi connectivity index (χ4v) is 2.86. The summed E-state index contributed by atoms with van der Waals surface area (Å²) < 4.78 is 0. The fraction of sp³-hybridized carbons (Fsp3) is 0.556. The number of nitrogens with two attached hydrogens (primary N) is 1. The monoisotopic (exact) mass is 353 g/mol. The molecule has 1 heterocycles. The maximum atomic E-state index is 12.6. The highest BCUT2D eigenvalue weighted by Gasteiger charge is 2.22. The first-order valence-corrected chi connectivity index (χ1v) is 8.33. The molecular weight excluding hydrogens is 326 g/mol. The molecule has 5 nitrogen and oxygen atoms in total. The van der Waals surface area contributed by atoms with Crippen LogP contribution >= 0.6 is 12.4 Å². The molecule has 1 aromatic rings. The van der Waals surface area contributed by atoms with Gasteiger partial charge in [0.2, 0.25) is 5.91 Å². The topological polar surface area (TPSA) is 75.4 Å². The molecule has 0 radical (unpaired) electrons. The normalized spacial score (nSPS) is 18.5. The molecule has 2 atom stereocenters. The smallest absolute Gasteiger partial charge is 0.253 e. The number of piperidine rings is 1. The van der Waals surface area contributed by atoms with Crippen LogP contribution in [0.3, 0.4) is 0 Å². The van der Waals surface area contributed by atoms with Gasteiger partial charge in [0, 0.05) is 36.8 Å². The van der Waals surface area contributed by atoms with E-state index >= 15 is 0 Å². The van der Waals surface area contributed by atoms with Crippen molar-refractivity contribution < 1.29 is 9.59 Å². The van der Waals surface area contributed by atoms with Crippen molar-refractivity contribution in [3.8, 4) is 0 Å². The zero-order valence-corrected chi connectivity index (χ0v) is 15.5. The second kappa shape index (κ2) is 9.04. The molecule has 1 saturated heterocycles. The van der Waals surface area contributed by atoms with Crippen LogP contribution in [0.4, 0.5) is 5.69 Å². The van der Waals surface area contributed by atoms with Gasteiger partial charge in [0.05, 0.1) is 0 Å². The summed E-state index contributed by atoms with van der Waals surface area (Å²) >= 11 is 0. The Morgan fingerprint density at radius 2 is 2.12 bits per heavy atom. The van der Waals surface area contributed by atoms with Gasteiger partial charge in [-0.3, -0.25) is 9.59 Å². The molecule has 0 aromatic heterocycles. The van der Waals surface area contributed by atoms with Gasteiger partial charge in [-0.1, -0.05) is 13.8 Å². The number of nitrogens with one attached hydrogen (secondary N) is 1. The maximum absolute atomic E-state index is 12.6. The van der Waals surface area contributed by atoms with Crippen molar-refractivity contribution in [2.45, 2.75) is 33.6 Å². The molecule has 0 spiro atoms. The van der Waals surface area contributed by atoms with Crippen LogP contribution in [-0.2, 0) is 4.79 Å². The standard InChI is InChI=1S/C18H27N3O2.ClH/c1-12-5-4-8-21(11-12)18(23)15-6-7-16(13(2)9-15)20-17(22)14(3)10-19;/h6-7,9,12,14H,4-5,8,10-11,19H2,1-3H3,(H,20,22);1H. The predicted octanol–water partition coefficient (Wildman–Crippen LogP) is 2.82. The van der Waals surface area contributed by atoms with Crippen LogP contribution in [0.25, 0.3) is 0 Å². The molecular formula is C18H28ClN3O2. The van der Waals surface area contributed by atoms with Crippen molar-refractivity contribution in [2.24, 2.45) is 17.6 Å². The number of anilines is 1. The molecule has 3 N–H and O–H groups in total. The van der Waals surface area contributed by atoms with E-state index in [0.29, 0.717) is 18.0 Å². The third-order valence-corrected chi connectivity index (χ3v) is 4.48. The molecule has 1 aliphatic rings. The van der Waals surface area contributed by atoms with Crippen molar-refractivity contribution in [3.63, 3.8) is 0 Å². The Bertz CT molecular complexity index is 592. The molecule has 1 fully saturated rings. The van der Waals surface area contributed by atoms with Crippen molar-refractivity contribution in [2.75, 3.05) is 25.0 Å². The minimum absolute atomic E-state index is 0. The maximum Gasteiger partial charge on any atom is 0.253 e. The van der Waals surface area contributed by atoms with Gasteiger partial charge in [0.15, 0.2) is 0 Å². The van der Waals surface area contributed by atoms with Crippen LogP contribution < -0.4 is 11.1 Å². The second-order valence-corrected chi connectivity index (χ2v) is 6.65. The highest BCUT2D eigenvalue weighted by Crippen LogP contribution is 2.21. The Balaban J connectivity index is 0.00000288. The van der Waals surface area contributed by atoms with E-state index in [0.717, 1.165) is 30.8 Å². The van der Waals surface area contributed by atoms with E-state index in [9.17, 15) is 9.59 Å². The molecule has 2 rings (SSSR count). The lowest BCUT2D eigenvalue weighted by atomic mass is 9.99. The van der Waals surface area contributed by atoms with E-state index in [4.69, 9.17) is 5.73 Å². The molecule has 0 aliphatic carbocycles. The summed E-state index contributed by atoms with van der Waals surface area (Å²) in [5.74, 6) is 0.308. The molecule has 1 aromatic carbocycles. The van der Waals surface area contributed by atoms with E-state index in [1.165, 1.54) is 6.42 Å². The van der Waals surface area contributed by atoms with Crippen LogP contribution in [0, 0.1) is 18.8 Å². The highest BCUT2D eigenvalue weighted by atomic mass is 35.5. The summed E-state index contributed by atoms with van der Waals surface area (Å²) in [6.45, 7) is 7.84. The van der Waals surface area contributed by atoms with Crippen LogP contribution in [0.2, 0.25) is 0 Å². The third-order valence-electron chi connectivity index (χ3n) is 4.48. The van der Waals surface area contributed by atoms with Gasteiger partial charge in [-0.15, -0.1) is 12.4 Å². The van der Waals surface area contributed by atoms with Gasteiger partial charge in [0.25, 0.3) is 5.91 Å². The Kier molecular flexibility index (Phi) is 7.70. The number of rotatable bonds is 4. The van der Waals surface area contributed by atoms with Crippen LogP contribution in [0.5, 0.6) is 0 Å². The molecule has 0 saturated carbocycles. The lowest BCUT2D eigenvalue weighted by Gasteiger charge is -2.31. The second-order valence-electron chi connectivity index (χ2n) is 6.65. The Morgan fingerprint density at radius 3 is 2.71 bits per heavy atom. The lowest BCUT2D eigenvalue weighted by Crippen LogP contribution is -2.39. The number of benzene rings is 1. The van der Waals surface area contributed by atoms with Gasteiger partial charge < -0.3 is 16.0 Å². The number of hydrogen-bond acceptors (Lipinski definition) is 3. The minimum Gasteiger partial charge on any atom is -0.338 e. The lowest BCUT2D eigenvalue weighted by molar-refractivity contribution is -0.119. The van der Waals surface area contributed by atoms with Gasteiger partial charge in [-0.25, -0.2) is 0 Å². The zero-order valence-electron chi connectivity index (χ0n) is 14.7. The number of nitrogens with zero attached hydrogens (tertiary/aromatic N) is 1. The van der Waals surface area contributed by atoms with E-state index in [-0.39, 0.29) is 30.1 Å². The number of carbonyl (C=O) groups is 2. The number of amides is 2. The first-order valence-electron chi connectivity index (χ1n) is 8.33. The van der Waals surface area contributed by atoms with Crippen LogP contribution in [0.1, 0.15) is 42.6 Å². The highest BCUT2D eigenvalue weighted by molar-refractivity contribution is 5.97. The van der Waals surface area contributed by atoms with Crippen molar-refractivity contribution in [1.82, 2.24) is 4.90 Å². The first-order chi connectivity index (χ1) is 10.9. The average molecular weight is 354 g/mol. The summed E-state index contributed by atoms with van der Waals surface area (Å²) in [4.78, 5) is 26.5. The molecule has 134 valence electrons. The van der Waals surface area contributed by atoms with Crippen LogP contribution in [0.15, 0.2) is 18.2 Å². The molecule has 6 heteroatoms. The van der Waals surface area contributed by atoms with Gasteiger partial charge in [-0.2, -0.15) is 0 Å². The summed E-state index contributed by atoms with van der Waals surface area (Å²) in [6, 6.07) is 5.44. The largest absolute Gasteiger partial charge is 0.338 e. The van der Waals surface area contributed by atoms with Gasteiger partial charge >= 0.3 is 0 Å². The Hall–Kier alpha value is -1.59. The Labute approximate surface area is 150 Å². The number of halogens is 1. The summed E-state index contributed by atoms with van der Waals surface area (Å²) in [6.07, 6.45) is 2.25. The quantitative estimate of drug-likeness (QED) is 0.873. The zero-order chi connectivity index (χ0) is 17.0. The number of aryl methyl sites for hydroxylation is 1. The SMILES string of the molecule is Cc1cc(C(=O)N2CCCC(C)C2)ccc1NC(=O)C(C)CN.Cl. The van der Waals surface area contributed by atoms with Crippen molar-refractivity contribution >= 4 is 29.9 Å². The minimum atomic E-state index is -0.231. The van der Waals surface area contributed by atoms with E-state index < -0.39 is 0 Å². The molecule has 2 amide bonds. The molecule has 0 bridgehead atoms. The van der Waals surface area contributed by atoms with Crippen molar-refractivity contribution in [3.05, 3.63) is 29.3 Å². The van der Waals surface area contributed by atoms with Gasteiger partial charge in [-0.05, 0) is 49.4 Å². The van der Waals surface area contributed by atoms with Crippen molar-refractivity contribution in [1.29, 1.82) is 0 Å².